The van der Waals surface area contributed by atoms with Gasteiger partial charge in [-0.05, 0) is 89.3 Å². The van der Waals surface area contributed by atoms with E-state index in [1.807, 2.05) is 146 Å². The van der Waals surface area contributed by atoms with Crippen molar-refractivity contribution in [2.24, 2.45) is 0 Å². The second kappa shape index (κ2) is 12.0. The minimum Gasteiger partial charge on any atom is -0.456 e. The van der Waals surface area contributed by atoms with Crippen LogP contribution in [0.5, 0.6) is 0 Å². The van der Waals surface area contributed by atoms with Gasteiger partial charge in [0.1, 0.15) is 11.2 Å². The van der Waals surface area contributed by atoms with Crippen molar-refractivity contribution >= 4 is 43.5 Å². The van der Waals surface area contributed by atoms with Crippen LogP contribution in [-0.2, 0) is 0 Å². The first-order valence-electron chi connectivity index (χ1n) is 20.9. The van der Waals surface area contributed by atoms with Gasteiger partial charge in [0.2, 0.25) is 0 Å². The Kier molecular flexibility index (Phi) is 5.21. The lowest BCUT2D eigenvalue weighted by Gasteiger charge is -2.22. The maximum atomic E-state index is 9.60. The number of benzene rings is 9. The van der Waals surface area contributed by atoms with Crippen LogP contribution in [0.1, 0.15) is 11.0 Å². The van der Waals surface area contributed by atoms with Gasteiger partial charge in [-0.1, -0.05) is 182 Å². The minimum atomic E-state index is -0.441. The van der Waals surface area contributed by atoms with Crippen LogP contribution in [0.4, 0.5) is 0 Å². The van der Waals surface area contributed by atoms with Gasteiger partial charge in [0, 0.05) is 10.8 Å². The van der Waals surface area contributed by atoms with Gasteiger partial charge in [-0.2, -0.15) is 0 Å². The van der Waals surface area contributed by atoms with Gasteiger partial charge < -0.3 is 4.42 Å². The Bertz CT molecular complexity index is 3200. The summed E-state index contributed by atoms with van der Waals surface area (Å²) in [6.07, 6.45) is 0. The quantitative estimate of drug-likeness (QED) is 0.168. The van der Waals surface area contributed by atoms with Crippen LogP contribution in [0.15, 0.2) is 198 Å². The smallest absolute Gasteiger partial charge is 0.136 e. The maximum Gasteiger partial charge on any atom is 0.136 e. The second-order valence-corrected chi connectivity index (χ2v) is 12.6. The van der Waals surface area contributed by atoms with E-state index in [2.05, 4.69) is 0 Å². The molecule has 0 unspecified atom stereocenters. The zero-order chi connectivity index (χ0) is 40.7. The predicted molar refractivity (Wildman–Crippen MR) is 216 cm³/mol. The molecule has 1 heteroatoms. The molecule has 1 heterocycles. The monoisotopic (exact) mass is 656 g/mol. The SMILES string of the molecule is [2H]c1c([2H])c([2H])c2c(-c3c(-c4ccccc4)cccc3-c3ccccc3)c3c([2H])c([2H])c([2H])c([2H])c3c(-c3ccc(-c4cccc5oc6ccccc6c45)cc3)c2c1[2H]. The van der Waals surface area contributed by atoms with Crippen LogP contribution in [-0.4, -0.2) is 0 Å². The normalized spacial score (nSPS) is 13.7. The Balaban J connectivity index is 1.37. The Morgan fingerprint density at radius 2 is 0.765 bits per heavy atom. The molecule has 51 heavy (non-hydrogen) atoms. The fourth-order valence-corrected chi connectivity index (χ4v) is 7.53. The first-order valence-corrected chi connectivity index (χ1v) is 16.9. The number of para-hydroxylation sites is 1. The number of rotatable bonds is 5. The molecule has 0 bridgehead atoms. The Labute approximate surface area is 307 Å². The van der Waals surface area contributed by atoms with E-state index < -0.39 is 24.2 Å². The Morgan fingerprint density at radius 1 is 0.314 bits per heavy atom. The first kappa shape index (κ1) is 22.1. The van der Waals surface area contributed by atoms with Crippen molar-refractivity contribution in [3.63, 3.8) is 0 Å². The van der Waals surface area contributed by atoms with Crippen molar-refractivity contribution in [1.29, 1.82) is 0 Å². The summed E-state index contributed by atoms with van der Waals surface area (Å²) in [6.45, 7) is 0. The highest BCUT2D eigenvalue weighted by molar-refractivity contribution is 6.24. The van der Waals surface area contributed by atoms with Crippen LogP contribution in [0.3, 0.4) is 0 Å². The largest absolute Gasteiger partial charge is 0.456 e. The van der Waals surface area contributed by atoms with Gasteiger partial charge in [-0.25, -0.2) is 0 Å². The van der Waals surface area contributed by atoms with E-state index in [1.165, 1.54) is 0 Å². The molecule has 9 aromatic carbocycles. The molecule has 0 amide bonds. The molecule has 10 rings (SSSR count). The van der Waals surface area contributed by atoms with Gasteiger partial charge in [0.05, 0.1) is 11.0 Å². The summed E-state index contributed by atoms with van der Waals surface area (Å²) in [5, 5.41) is 2.62. The van der Waals surface area contributed by atoms with Gasteiger partial charge >= 0.3 is 0 Å². The third-order valence-electron chi connectivity index (χ3n) is 9.75. The average Bonchev–Trinajstić information content (AvgIpc) is 3.67. The van der Waals surface area contributed by atoms with E-state index in [9.17, 15) is 5.48 Å². The third-order valence-corrected chi connectivity index (χ3v) is 9.75. The third kappa shape index (κ3) is 4.78. The fourth-order valence-electron chi connectivity index (χ4n) is 7.53. The fraction of sp³-hybridized carbons (Fsp3) is 0. The summed E-state index contributed by atoms with van der Waals surface area (Å²) < 4.78 is 80.4. The molecule has 0 radical (unpaired) electrons. The number of furan rings is 1. The van der Waals surface area contributed by atoms with Crippen molar-refractivity contribution in [3.05, 3.63) is 194 Å². The first-order chi connectivity index (χ1) is 28.7. The molecule has 0 N–H and O–H groups in total. The summed E-state index contributed by atoms with van der Waals surface area (Å²) in [5.74, 6) is 0. The summed E-state index contributed by atoms with van der Waals surface area (Å²) >= 11 is 0. The summed E-state index contributed by atoms with van der Waals surface area (Å²) in [5.41, 5.74) is 8.25. The zero-order valence-electron chi connectivity index (χ0n) is 35.3. The predicted octanol–water partition coefficient (Wildman–Crippen LogP) is 14.2. The van der Waals surface area contributed by atoms with Crippen molar-refractivity contribution in [2.45, 2.75) is 0 Å². The number of hydrogen-bond acceptors (Lipinski definition) is 1. The van der Waals surface area contributed by atoms with E-state index in [-0.39, 0.29) is 45.7 Å². The highest BCUT2D eigenvalue weighted by atomic mass is 16.3. The van der Waals surface area contributed by atoms with Crippen LogP contribution >= 0.6 is 0 Å². The Hall–Kier alpha value is -6.70. The second-order valence-electron chi connectivity index (χ2n) is 12.6. The molecule has 0 saturated heterocycles. The van der Waals surface area contributed by atoms with Gasteiger partial charge in [0.15, 0.2) is 0 Å². The molecule has 10 aromatic rings. The van der Waals surface area contributed by atoms with Gasteiger partial charge in [-0.15, -0.1) is 0 Å². The summed E-state index contributed by atoms with van der Waals surface area (Å²) in [4.78, 5) is 0. The maximum absolute atomic E-state index is 9.60. The summed E-state index contributed by atoms with van der Waals surface area (Å²) in [7, 11) is 0. The van der Waals surface area contributed by atoms with Crippen LogP contribution in [0.25, 0.3) is 99.1 Å². The molecule has 0 spiro atoms. The lowest BCUT2D eigenvalue weighted by Crippen LogP contribution is -1.95. The van der Waals surface area contributed by atoms with Crippen LogP contribution in [0, 0.1) is 0 Å². The topological polar surface area (TPSA) is 13.1 Å². The van der Waals surface area contributed by atoms with Crippen molar-refractivity contribution in [3.8, 4) is 55.6 Å². The lowest BCUT2D eigenvalue weighted by atomic mass is 9.81. The molecule has 0 fully saturated rings. The Morgan fingerprint density at radius 3 is 1.37 bits per heavy atom. The molecule has 0 aliphatic rings. The number of hydrogen-bond donors (Lipinski definition) is 0. The highest BCUT2D eigenvalue weighted by Gasteiger charge is 2.22. The molecular formula is C50H32O. The van der Waals surface area contributed by atoms with Crippen LogP contribution < -0.4 is 0 Å². The molecule has 0 atom stereocenters. The lowest BCUT2D eigenvalue weighted by molar-refractivity contribution is 0.669. The van der Waals surface area contributed by atoms with Gasteiger partial charge in [-0.3, -0.25) is 0 Å². The van der Waals surface area contributed by atoms with Crippen molar-refractivity contribution < 1.29 is 15.4 Å². The molecular weight excluding hydrogens is 617 g/mol. The van der Waals surface area contributed by atoms with E-state index >= 15 is 0 Å². The van der Waals surface area contributed by atoms with Crippen molar-refractivity contribution in [2.75, 3.05) is 0 Å². The van der Waals surface area contributed by atoms with E-state index in [0.717, 1.165) is 55.3 Å². The highest BCUT2D eigenvalue weighted by Crippen LogP contribution is 2.49. The van der Waals surface area contributed by atoms with Gasteiger partial charge in [0.25, 0.3) is 0 Å². The van der Waals surface area contributed by atoms with E-state index in [1.54, 1.807) is 0 Å². The van der Waals surface area contributed by atoms with E-state index in [0.29, 0.717) is 22.3 Å². The molecule has 0 aliphatic carbocycles. The standard InChI is InChI=1S/C50H32O/c1-3-15-33(16-4-1)38-24-13-25-39(34-17-5-2-6-18-34)49(38)50-42-21-9-7-19-40(42)47(41-20-8-10-22-43(41)50)36-31-29-35(30-32-36)37-26-14-28-46-48(37)44-23-11-12-27-45(44)51-46/h1-32H/i7D,8D,9D,10D,19D,20D,21D,22D. The molecule has 0 saturated carbocycles. The molecule has 238 valence electrons. The minimum absolute atomic E-state index is 0.168. The average molecular weight is 657 g/mol. The number of fused-ring (bicyclic) bond motifs is 5. The molecule has 0 aliphatic heterocycles. The zero-order valence-corrected chi connectivity index (χ0v) is 27.3. The molecule has 1 nitrogen and oxygen atoms in total. The van der Waals surface area contributed by atoms with Crippen LogP contribution in [0.2, 0.25) is 0 Å². The van der Waals surface area contributed by atoms with E-state index in [4.69, 9.17) is 9.90 Å². The molecule has 1 aromatic heterocycles. The van der Waals surface area contributed by atoms with Crippen molar-refractivity contribution in [1.82, 2.24) is 0 Å². The summed E-state index contributed by atoms with van der Waals surface area (Å²) in [6, 6.07) is 43.6.